The maximum atomic E-state index is 12.9. The van der Waals surface area contributed by atoms with E-state index in [0.717, 1.165) is 12.8 Å². The van der Waals surface area contributed by atoms with E-state index in [4.69, 9.17) is 4.74 Å². The lowest BCUT2D eigenvalue weighted by Crippen LogP contribution is -2.37. The second kappa shape index (κ2) is 6.40. The summed E-state index contributed by atoms with van der Waals surface area (Å²) in [5.74, 6) is -0.0658. The van der Waals surface area contributed by atoms with E-state index in [1.165, 1.54) is 12.4 Å². The van der Waals surface area contributed by atoms with E-state index in [1.54, 1.807) is 35.4 Å². The number of carbonyl (C=O) groups excluding carboxylic acids is 1. The summed E-state index contributed by atoms with van der Waals surface area (Å²) in [6.07, 6.45) is 7.00. The van der Waals surface area contributed by atoms with Crippen LogP contribution in [0, 0.1) is 11.3 Å². The summed E-state index contributed by atoms with van der Waals surface area (Å²) >= 11 is 0. The maximum Gasteiger partial charge on any atom is 0.311 e. The normalized spacial score (nSPS) is 24.3. The lowest BCUT2D eigenvalue weighted by molar-refractivity contribution is -0.149. The summed E-state index contributed by atoms with van der Waals surface area (Å²) in [4.78, 5) is 34.3. The van der Waals surface area contributed by atoms with Gasteiger partial charge >= 0.3 is 5.97 Å². The highest BCUT2D eigenvalue weighted by Gasteiger charge is 2.55. The monoisotopic (exact) mass is 353 g/mol. The van der Waals surface area contributed by atoms with Gasteiger partial charge in [-0.05, 0) is 37.0 Å². The van der Waals surface area contributed by atoms with Crippen LogP contribution in [0.5, 0.6) is 11.6 Å². The molecule has 7 nitrogen and oxygen atoms in total. The molecule has 7 heteroatoms. The van der Waals surface area contributed by atoms with E-state index in [2.05, 4.69) is 9.97 Å². The topological polar surface area (TPSA) is 92.6 Å². The maximum absolute atomic E-state index is 12.9. The number of fused-ring (bicyclic) bond motifs is 1. The van der Waals surface area contributed by atoms with Crippen molar-refractivity contribution in [2.24, 2.45) is 11.3 Å². The number of ether oxygens (including phenoxy) is 1. The van der Waals surface area contributed by atoms with Crippen LogP contribution in [0.3, 0.4) is 0 Å². The van der Waals surface area contributed by atoms with Gasteiger partial charge in [0.25, 0.3) is 5.91 Å². The van der Waals surface area contributed by atoms with Gasteiger partial charge < -0.3 is 14.7 Å². The number of amides is 1. The smallest absolute Gasteiger partial charge is 0.311 e. The largest absolute Gasteiger partial charge is 0.481 e. The molecule has 134 valence electrons. The van der Waals surface area contributed by atoms with E-state index >= 15 is 0 Å². The van der Waals surface area contributed by atoms with Crippen molar-refractivity contribution in [2.45, 2.75) is 19.3 Å². The summed E-state index contributed by atoms with van der Waals surface area (Å²) in [6.45, 7) is 0.779. The lowest BCUT2D eigenvalue weighted by atomic mass is 9.81. The van der Waals surface area contributed by atoms with Crippen LogP contribution in [0.25, 0.3) is 0 Å². The van der Waals surface area contributed by atoms with Crippen LogP contribution >= 0.6 is 0 Å². The molecule has 0 spiro atoms. The van der Waals surface area contributed by atoms with Gasteiger partial charge in [-0.15, -0.1) is 0 Å². The number of hydrogen-bond acceptors (Lipinski definition) is 5. The Morgan fingerprint density at radius 2 is 2.19 bits per heavy atom. The fraction of sp³-hybridized carbons (Fsp3) is 0.368. The van der Waals surface area contributed by atoms with E-state index in [9.17, 15) is 14.7 Å². The Morgan fingerprint density at radius 1 is 1.31 bits per heavy atom. The minimum Gasteiger partial charge on any atom is -0.481 e. The Morgan fingerprint density at radius 3 is 2.92 bits per heavy atom. The highest BCUT2D eigenvalue weighted by Crippen LogP contribution is 2.49. The molecule has 26 heavy (non-hydrogen) atoms. The number of rotatable bonds is 4. The minimum atomic E-state index is -0.782. The number of carbonyl (C=O) groups is 2. The van der Waals surface area contributed by atoms with Crippen LogP contribution in [0.2, 0.25) is 0 Å². The molecule has 1 aromatic carbocycles. The average Bonchev–Trinajstić information content (AvgIpc) is 3.21. The van der Waals surface area contributed by atoms with Gasteiger partial charge in [-0.2, -0.15) is 0 Å². The van der Waals surface area contributed by atoms with Crippen LogP contribution in [-0.4, -0.2) is 44.9 Å². The molecule has 0 bridgehead atoms. The summed E-state index contributed by atoms with van der Waals surface area (Å²) in [5.41, 5.74) is -0.296. The molecule has 1 N–H and O–H groups in total. The predicted octanol–water partition coefficient (Wildman–Crippen LogP) is 2.60. The first-order valence-electron chi connectivity index (χ1n) is 8.65. The zero-order valence-corrected chi connectivity index (χ0v) is 14.2. The Kier molecular flexibility index (Phi) is 4.06. The average molecular weight is 353 g/mol. The van der Waals surface area contributed by atoms with Gasteiger partial charge in [-0.3, -0.25) is 14.6 Å². The van der Waals surface area contributed by atoms with Crippen molar-refractivity contribution in [3.8, 4) is 11.6 Å². The molecule has 1 aromatic heterocycles. The molecule has 1 amide bonds. The van der Waals surface area contributed by atoms with Crippen molar-refractivity contribution < 1.29 is 19.4 Å². The number of carboxylic acid groups (broad SMARTS) is 1. The van der Waals surface area contributed by atoms with Gasteiger partial charge in [0.1, 0.15) is 5.75 Å². The Labute approximate surface area is 150 Å². The van der Waals surface area contributed by atoms with Crippen molar-refractivity contribution in [1.82, 2.24) is 14.9 Å². The second-order valence-corrected chi connectivity index (χ2v) is 6.91. The molecule has 1 aliphatic carbocycles. The highest BCUT2D eigenvalue weighted by molar-refractivity contribution is 5.95. The second-order valence-electron chi connectivity index (χ2n) is 6.91. The molecular formula is C19H19N3O4. The number of aliphatic carboxylic acids is 1. The number of likely N-dealkylation sites (tertiary alicyclic amines) is 1. The van der Waals surface area contributed by atoms with E-state index in [1.807, 2.05) is 0 Å². The SMILES string of the molecule is O=C(c1cccc(Oc2cnccn2)c1)N1C[C@@H]2CCC[C@@]2(C(=O)O)C1. The number of benzene rings is 1. The lowest BCUT2D eigenvalue weighted by Gasteiger charge is -2.23. The number of nitrogens with zero attached hydrogens (tertiary/aromatic N) is 3. The first-order chi connectivity index (χ1) is 12.6. The minimum absolute atomic E-state index is 0.0444. The first-order valence-corrected chi connectivity index (χ1v) is 8.65. The van der Waals surface area contributed by atoms with Crippen molar-refractivity contribution in [3.05, 3.63) is 48.4 Å². The third kappa shape index (κ3) is 2.79. The number of carboxylic acids is 1. The van der Waals surface area contributed by atoms with Gasteiger partial charge in [0.05, 0.1) is 11.6 Å². The molecule has 2 aliphatic rings. The number of aromatic nitrogens is 2. The highest BCUT2D eigenvalue weighted by atomic mass is 16.5. The van der Waals surface area contributed by atoms with E-state index in [-0.39, 0.29) is 18.4 Å². The quantitative estimate of drug-likeness (QED) is 0.908. The van der Waals surface area contributed by atoms with Gasteiger partial charge in [0, 0.05) is 31.0 Å². The van der Waals surface area contributed by atoms with Gasteiger partial charge in [0.15, 0.2) is 0 Å². The van der Waals surface area contributed by atoms with Crippen LogP contribution < -0.4 is 4.74 Å². The summed E-state index contributed by atoms with van der Waals surface area (Å²) in [6, 6.07) is 6.84. The zero-order valence-electron chi connectivity index (χ0n) is 14.2. The molecule has 2 aromatic rings. The van der Waals surface area contributed by atoms with Crippen LogP contribution in [-0.2, 0) is 4.79 Å². The molecule has 0 radical (unpaired) electrons. The van der Waals surface area contributed by atoms with E-state index in [0.29, 0.717) is 30.2 Å². The first kappa shape index (κ1) is 16.5. The summed E-state index contributed by atoms with van der Waals surface area (Å²) in [5, 5.41) is 9.68. The summed E-state index contributed by atoms with van der Waals surface area (Å²) in [7, 11) is 0. The molecule has 1 aliphatic heterocycles. The van der Waals surface area contributed by atoms with Crippen LogP contribution in [0.1, 0.15) is 29.6 Å². The van der Waals surface area contributed by atoms with Gasteiger partial charge in [-0.1, -0.05) is 12.5 Å². The molecular weight excluding hydrogens is 334 g/mol. The molecule has 1 saturated heterocycles. The van der Waals surface area contributed by atoms with Crippen LogP contribution in [0.4, 0.5) is 0 Å². The van der Waals surface area contributed by atoms with E-state index < -0.39 is 11.4 Å². The fourth-order valence-corrected chi connectivity index (χ4v) is 4.13. The molecule has 1 saturated carbocycles. The third-order valence-corrected chi connectivity index (χ3v) is 5.43. The number of hydrogen-bond donors (Lipinski definition) is 1. The molecule has 2 fully saturated rings. The third-order valence-electron chi connectivity index (χ3n) is 5.43. The molecule has 2 heterocycles. The Bertz CT molecular complexity index is 842. The van der Waals surface area contributed by atoms with Crippen molar-refractivity contribution in [2.75, 3.05) is 13.1 Å². The predicted molar refractivity (Wildman–Crippen MR) is 91.9 cm³/mol. The van der Waals surface area contributed by atoms with Crippen molar-refractivity contribution in [1.29, 1.82) is 0 Å². The summed E-state index contributed by atoms with van der Waals surface area (Å²) < 4.78 is 5.63. The van der Waals surface area contributed by atoms with Gasteiger partial charge in [-0.25, -0.2) is 4.98 Å². The Balaban J connectivity index is 1.52. The van der Waals surface area contributed by atoms with Gasteiger partial charge in [0.2, 0.25) is 5.88 Å². The zero-order chi connectivity index (χ0) is 18.1. The molecule has 4 rings (SSSR count). The van der Waals surface area contributed by atoms with Crippen molar-refractivity contribution in [3.63, 3.8) is 0 Å². The molecule has 0 unspecified atom stereocenters. The van der Waals surface area contributed by atoms with Crippen molar-refractivity contribution >= 4 is 11.9 Å². The molecule has 2 atom stereocenters. The fourth-order valence-electron chi connectivity index (χ4n) is 4.13. The van der Waals surface area contributed by atoms with Crippen LogP contribution in [0.15, 0.2) is 42.9 Å². The standard InChI is InChI=1S/C19H19N3O4/c23-17(22-11-14-4-2-6-19(14,12-22)18(24)25)13-3-1-5-15(9-13)26-16-10-20-7-8-21-16/h1,3,5,7-10,14H,2,4,6,11-12H2,(H,24,25)/t14-,19+/m0/s1. The Hall–Kier alpha value is -2.96.